The molecule has 1 aliphatic rings. The van der Waals surface area contributed by atoms with E-state index in [0.29, 0.717) is 0 Å². The molecule has 1 aliphatic heterocycles. The molecule has 0 atom stereocenters. The topological polar surface area (TPSA) is 38.1 Å². The van der Waals surface area contributed by atoms with Gasteiger partial charge in [0.1, 0.15) is 5.69 Å². The van der Waals surface area contributed by atoms with E-state index < -0.39 is 0 Å². The molecule has 1 fully saturated rings. The molecule has 0 N–H and O–H groups in total. The fraction of sp³-hybridized carbons (Fsp3) is 0.692. The molecule has 1 aromatic heterocycles. The predicted molar refractivity (Wildman–Crippen MR) is 66.9 cm³/mol. The summed E-state index contributed by atoms with van der Waals surface area (Å²) < 4.78 is 1.80. The second-order valence-corrected chi connectivity index (χ2v) is 4.96. The first kappa shape index (κ1) is 12.1. The molecule has 17 heavy (non-hydrogen) atoms. The van der Waals surface area contributed by atoms with Crippen molar-refractivity contribution < 1.29 is 4.79 Å². The van der Waals surface area contributed by atoms with E-state index in [1.54, 1.807) is 4.68 Å². The number of rotatable bonds is 2. The van der Waals surface area contributed by atoms with E-state index in [0.717, 1.165) is 49.8 Å². The van der Waals surface area contributed by atoms with Gasteiger partial charge in [-0.05, 0) is 38.7 Å². The van der Waals surface area contributed by atoms with Crippen molar-refractivity contribution in [1.82, 2.24) is 14.7 Å². The van der Waals surface area contributed by atoms with E-state index >= 15 is 0 Å². The second-order valence-electron chi connectivity index (χ2n) is 4.96. The van der Waals surface area contributed by atoms with Gasteiger partial charge in [-0.3, -0.25) is 9.48 Å². The molecule has 94 valence electrons. The third-order valence-electron chi connectivity index (χ3n) is 3.49. The van der Waals surface area contributed by atoms with Crippen molar-refractivity contribution >= 4 is 5.91 Å². The van der Waals surface area contributed by atoms with Gasteiger partial charge in [-0.25, -0.2) is 0 Å². The number of aromatic nitrogens is 2. The Balaban J connectivity index is 2.13. The molecule has 0 radical (unpaired) electrons. The lowest BCUT2D eigenvalue weighted by Gasteiger charge is -2.30. The van der Waals surface area contributed by atoms with Crippen LogP contribution in [-0.4, -0.2) is 33.7 Å². The van der Waals surface area contributed by atoms with Crippen molar-refractivity contribution in [3.8, 4) is 0 Å². The molecule has 1 amide bonds. The van der Waals surface area contributed by atoms with Crippen LogP contribution in [0.4, 0.5) is 0 Å². The van der Waals surface area contributed by atoms with Crippen LogP contribution < -0.4 is 0 Å². The summed E-state index contributed by atoms with van der Waals surface area (Å²) in [6.07, 6.45) is 2.23. The lowest BCUT2D eigenvalue weighted by atomic mass is 9.99. The van der Waals surface area contributed by atoms with Crippen LogP contribution in [0.15, 0.2) is 6.07 Å². The van der Waals surface area contributed by atoms with Crippen LogP contribution in [0, 0.1) is 12.8 Å². The highest BCUT2D eigenvalue weighted by atomic mass is 16.2. The number of piperidine rings is 1. The Bertz CT molecular complexity index is 403. The zero-order chi connectivity index (χ0) is 12.4. The van der Waals surface area contributed by atoms with Crippen molar-refractivity contribution in [2.24, 2.45) is 5.92 Å². The molecule has 2 heterocycles. The second kappa shape index (κ2) is 4.90. The summed E-state index contributed by atoms with van der Waals surface area (Å²) in [6.45, 7) is 8.71. The monoisotopic (exact) mass is 235 g/mol. The molecule has 0 unspecified atom stereocenters. The summed E-state index contributed by atoms with van der Waals surface area (Å²) in [5.41, 5.74) is 1.65. The van der Waals surface area contributed by atoms with Crippen LogP contribution in [0.2, 0.25) is 0 Å². The third-order valence-corrected chi connectivity index (χ3v) is 3.49. The van der Waals surface area contributed by atoms with Crippen molar-refractivity contribution in [1.29, 1.82) is 0 Å². The van der Waals surface area contributed by atoms with E-state index in [4.69, 9.17) is 0 Å². The summed E-state index contributed by atoms with van der Waals surface area (Å²) in [6, 6.07) is 1.89. The summed E-state index contributed by atoms with van der Waals surface area (Å²) in [5, 5.41) is 4.33. The molecule has 0 aliphatic carbocycles. The molecular formula is C13H21N3O. The Hall–Kier alpha value is -1.32. The quantitative estimate of drug-likeness (QED) is 0.787. The van der Waals surface area contributed by atoms with Crippen LogP contribution in [0.5, 0.6) is 0 Å². The normalized spacial score (nSPS) is 17.5. The van der Waals surface area contributed by atoms with E-state index in [2.05, 4.69) is 12.0 Å². The highest BCUT2D eigenvalue weighted by molar-refractivity contribution is 5.92. The molecule has 0 bridgehead atoms. The van der Waals surface area contributed by atoms with Gasteiger partial charge in [0.2, 0.25) is 0 Å². The zero-order valence-electron chi connectivity index (χ0n) is 10.9. The minimum absolute atomic E-state index is 0.138. The van der Waals surface area contributed by atoms with Crippen LogP contribution in [-0.2, 0) is 6.54 Å². The average molecular weight is 235 g/mol. The number of likely N-dealkylation sites (tertiary alicyclic amines) is 1. The molecular weight excluding hydrogens is 214 g/mol. The number of hydrogen-bond acceptors (Lipinski definition) is 2. The predicted octanol–water partition coefficient (Wildman–Crippen LogP) is 2.08. The van der Waals surface area contributed by atoms with Crippen LogP contribution in [0.1, 0.15) is 42.9 Å². The van der Waals surface area contributed by atoms with Crippen LogP contribution in [0.3, 0.4) is 0 Å². The SMILES string of the molecule is CCn1nc(C)cc1C(=O)N1CCC(C)CC1. The Morgan fingerprint density at radius 2 is 2.12 bits per heavy atom. The average Bonchev–Trinajstić information content (AvgIpc) is 2.70. The molecule has 4 nitrogen and oxygen atoms in total. The first-order chi connectivity index (χ1) is 8.11. The highest BCUT2D eigenvalue weighted by Crippen LogP contribution is 2.18. The molecule has 1 aromatic rings. The van der Waals surface area contributed by atoms with Crippen molar-refractivity contribution in [2.45, 2.75) is 40.2 Å². The number of carbonyl (C=O) groups excluding carboxylic acids is 1. The Morgan fingerprint density at radius 1 is 1.47 bits per heavy atom. The van der Waals surface area contributed by atoms with Gasteiger partial charge < -0.3 is 4.90 Å². The molecule has 1 saturated heterocycles. The van der Waals surface area contributed by atoms with Crippen molar-refractivity contribution in [3.63, 3.8) is 0 Å². The Labute approximate surface area is 103 Å². The van der Waals surface area contributed by atoms with Crippen molar-refractivity contribution in [2.75, 3.05) is 13.1 Å². The van der Waals surface area contributed by atoms with E-state index in [-0.39, 0.29) is 5.91 Å². The first-order valence-electron chi connectivity index (χ1n) is 6.45. The molecule has 0 saturated carbocycles. The van der Waals surface area contributed by atoms with E-state index in [1.165, 1.54) is 0 Å². The third kappa shape index (κ3) is 2.51. The minimum atomic E-state index is 0.138. The summed E-state index contributed by atoms with van der Waals surface area (Å²) in [5.74, 6) is 0.885. The molecule has 0 spiro atoms. The lowest BCUT2D eigenvalue weighted by molar-refractivity contribution is 0.0684. The van der Waals surface area contributed by atoms with Gasteiger partial charge in [0.05, 0.1) is 5.69 Å². The maximum absolute atomic E-state index is 12.4. The van der Waals surface area contributed by atoms with Gasteiger partial charge in [0.25, 0.3) is 5.91 Å². The Kier molecular flexibility index (Phi) is 3.50. The largest absolute Gasteiger partial charge is 0.337 e. The lowest BCUT2D eigenvalue weighted by Crippen LogP contribution is -2.38. The van der Waals surface area contributed by atoms with Gasteiger partial charge in [-0.2, -0.15) is 5.10 Å². The fourth-order valence-electron chi connectivity index (χ4n) is 2.33. The first-order valence-corrected chi connectivity index (χ1v) is 6.45. The van der Waals surface area contributed by atoms with E-state index in [1.807, 2.05) is 24.8 Å². The maximum atomic E-state index is 12.4. The van der Waals surface area contributed by atoms with Gasteiger partial charge in [0.15, 0.2) is 0 Å². The van der Waals surface area contributed by atoms with Crippen LogP contribution >= 0.6 is 0 Å². The van der Waals surface area contributed by atoms with E-state index in [9.17, 15) is 4.79 Å². The standard InChI is InChI=1S/C13H21N3O/c1-4-16-12(9-11(3)14-16)13(17)15-7-5-10(2)6-8-15/h9-10H,4-8H2,1-3H3. The summed E-state index contributed by atoms with van der Waals surface area (Å²) in [7, 11) is 0. The van der Waals surface area contributed by atoms with Crippen LogP contribution in [0.25, 0.3) is 0 Å². The Morgan fingerprint density at radius 3 is 2.71 bits per heavy atom. The van der Waals surface area contributed by atoms with Crippen molar-refractivity contribution in [3.05, 3.63) is 17.5 Å². The number of carbonyl (C=O) groups is 1. The highest BCUT2D eigenvalue weighted by Gasteiger charge is 2.23. The maximum Gasteiger partial charge on any atom is 0.272 e. The molecule has 0 aromatic carbocycles. The van der Waals surface area contributed by atoms with Gasteiger partial charge in [-0.15, -0.1) is 0 Å². The smallest absolute Gasteiger partial charge is 0.272 e. The number of amides is 1. The van der Waals surface area contributed by atoms with Gasteiger partial charge in [-0.1, -0.05) is 6.92 Å². The summed E-state index contributed by atoms with van der Waals surface area (Å²) in [4.78, 5) is 14.3. The number of aryl methyl sites for hydroxylation is 2. The number of hydrogen-bond donors (Lipinski definition) is 0. The molecule has 2 rings (SSSR count). The summed E-state index contributed by atoms with van der Waals surface area (Å²) >= 11 is 0. The van der Waals surface area contributed by atoms with Gasteiger partial charge in [0, 0.05) is 19.6 Å². The van der Waals surface area contributed by atoms with Gasteiger partial charge >= 0.3 is 0 Å². The fourth-order valence-corrected chi connectivity index (χ4v) is 2.33. The zero-order valence-corrected chi connectivity index (χ0v) is 10.9. The molecule has 4 heteroatoms. The number of nitrogens with zero attached hydrogens (tertiary/aromatic N) is 3. The minimum Gasteiger partial charge on any atom is -0.337 e.